The van der Waals surface area contributed by atoms with Crippen molar-refractivity contribution in [1.29, 1.82) is 0 Å². The summed E-state index contributed by atoms with van der Waals surface area (Å²) < 4.78 is 4.50. The Bertz CT molecular complexity index is 1710. The number of carbonyl (C=O) groups is 6. The van der Waals surface area contributed by atoms with Crippen LogP contribution in [0.1, 0.15) is 64.7 Å². The second-order valence-corrected chi connectivity index (χ2v) is 15.9. The molecule has 6 N–H and O–H groups in total. The van der Waals surface area contributed by atoms with E-state index in [0.29, 0.717) is 6.42 Å². The summed E-state index contributed by atoms with van der Waals surface area (Å²) in [6, 6.07) is 26.6. The van der Waals surface area contributed by atoms with Crippen LogP contribution in [0.3, 0.4) is 0 Å². The maximum Gasteiger partial charge on any atom is 0.408 e. The first kappa shape index (κ1) is 45.7. The molecule has 3 aromatic carbocycles. The van der Waals surface area contributed by atoms with E-state index in [1.54, 1.807) is 20.8 Å². The van der Waals surface area contributed by atoms with Crippen LogP contribution in [0, 0.1) is 5.92 Å². The molecule has 0 saturated heterocycles. The van der Waals surface area contributed by atoms with E-state index in [1.165, 1.54) is 18.7 Å². The second kappa shape index (κ2) is 22.1. The Labute approximate surface area is 338 Å². The number of thioether (sulfide) groups is 1. The molecule has 0 aromatic heterocycles. The summed E-state index contributed by atoms with van der Waals surface area (Å²) in [4.78, 5) is 87.5. The number of hydrogen-bond acceptors (Lipinski definition) is 9. The second-order valence-electron chi connectivity index (χ2n) is 14.7. The fraction of sp³-hybridized carbons (Fsp3) is 0.405. The Morgan fingerprint density at radius 2 is 1.09 bits per heavy atom. The number of benzene rings is 3. The van der Waals surface area contributed by atoms with Crippen molar-refractivity contribution in [2.75, 3.05) is 25.4 Å². The largest absolute Gasteiger partial charge is 0.444 e. The average molecular weight is 802 g/mol. The molecule has 0 aliphatic heterocycles. The van der Waals surface area contributed by atoms with Crippen LogP contribution in [0.5, 0.6) is 0 Å². The van der Waals surface area contributed by atoms with Crippen molar-refractivity contribution in [3.63, 3.8) is 0 Å². The minimum absolute atomic E-state index is 0.0455. The van der Waals surface area contributed by atoms with Crippen LogP contribution in [-0.4, -0.2) is 91.0 Å². The molecule has 0 heterocycles. The summed E-state index contributed by atoms with van der Waals surface area (Å²) in [6.45, 7) is 8.78. The molecule has 15 heteroatoms. The van der Waals surface area contributed by atoms with Gasteiger partial charge >= 0.3 is 6.09 Å². The third-order valence-corrected chi connectivity index (χ3v) is 9.90. The van der Waals surface area contributed by atoms with Crippen molar-refractivity contribution < 1.29 is 38.3 Å². The smallest absolute Gasteiger partial charge is 0.408 e. The highest BCUT2D eigenvalue weighted by molar-refractivity contribution is 8.00. The van der Waals surface area contributed by atoms with Gasteiger partial charge in [0.1, 0.15) is 23.7 Å². The van der Waals surface area contributed by atoms with E-state index >= 15 is 0 Å². The third kappa shape index (κ3) is 15.1. The molecule has 3 aromatic rings. The molecule has 0 fully saturated rings. The molecule has 0 spiro atoms. The summed E-state index contributed by atoms with van der Waals surface area (Å²) in [5, 5.41) is 14.8. The summed E-state index contributed by atoms with van der Waals surface area (Å²) in [6.07, 6.45) is 1.44. The van der Waals surface area contributed by atoms with Gasteiger partial charge in [0.2, 0.25) is 35.8 Å². The topological polar surface area (TPSA) is 201 Å². The fourth-order valence-corrected chi connectivity index (χ4v) is 7.17. The van der Waals surface area contributed by atoms with Gasteiger partial charge in [0.05, 0.1) is 24.4 Å². The lowest BCUT2D eigenvalue weighted by Crippen LogP contribution is -2.52. The van der Waals surface area contributed by atoms with Crippen molar-refractivity contribution in [1.82, 2.24) is 31.9 Å². The molecule has 57 heavy (non-hydrogen) atoms. The van der Waals surface area contributed by atoms with E-state index in [4.69, 9.17) is 4.74 Å². The Kier molecular flexibility index (Phi) is 17.8. The first-order valence-corrected chi connectivity index (χ1v) is 19.6. The van der Waals surface area contributed by atoms with Crippen molar-refractivity contribution in [2.45, 2.75) is 76.4 Å². The van der Waals surface area contributed by atoms with Crippen LogP contribution in [0.15, 0.2) is 91.0 Å². The predicted octanol–water partition coefficient (Wildman–Crippen LogP) is 3.10. The number of amides is 6. The van der Waals surface area contributed by atoms with E-state index in [0.717, 1.165) is 16.7 Å². The van der Waals surface area contributed by atoms with Crippen molar-refractivity contribution in [3.05, 3.63) is 108 Å². The molecular weight excluding hydrogens is 749 g/mol. The average Bonchev–Trinajstić information content (AvgIpc) is 3.18. The summed E-state index contributed by atoms with van der Waals surface area (Å²) in [7, 11) is 0. The van der Waals surface area contributed by atoms with Gasteiger partial charge in [-0.3, -0.25) is 28.8 Å². The zero-order valence-corrected chi connectivity index (χ0v) is 34.0. The molecule has 6 amide bonds. The molecule has 305 valence electrons. The molecule has 1 radical (unpaired) electrons. The van der Waals surface area contributed by atoms with E-state index < -0.39 is 83.7 Å². The monoisotopic (exact) mass is 801 g/mol. The Morgan fingerprint density at radius 1 is 0.632 bits per heavy atom. The van der Waals surface area contributed by atoms with Gasteiger partial charge in [-0.2, -0.15) is 0 Å². The first-order chi connectivity index (χ1) is 27.0. The number of nitrogens with one attached hydrogen (secondary N) is 6. The van der Waals surface area contributed by atoms with Crippen LogP contribution in [0.4, 0.5) is 4.79 Å². The van der Waals surface area contributed by atoms with Crippen LogP contribution < -0.4 is 31.9 Å². The van der Waals surface area contributed by atoms with Crippen LogP contribution in [-0.2, 0) is 38.3 Å². The standard InChI is InChI=1S/C42H53N6O8S/c1-28(2)22-34(48-40(55)56-41(4,5)6)39(54)45-23-35(50)43-24-36(51)46-29(3)38(53)44-25-37(52)47-33(26-49)27-57-42(30-16-10-7-11-17-30,31-18-12-8-13-19-31)32-20-14-9-15-21-32/h7-21,28-29,33-34H,22-25,27H2,1-6H3,(H,43,50)(H,44,53)(H,45,54)(H,46,51)(H,47,52)(H,48,55). The van der Waals surface area contributed by atoms with E-state index in [-0.39, 0.29) is 11.7 Å². The van der Waals surface area contributed by atoms with Gasteiger partial charge in [-0.25, -0.2) is 4.79 Å². The van der Waals surface area contributed by atoms with Gasteiger partial charge in [0, 0.05) is 5.75 Å². The fourth-order valence-electron chi connectivity index (χ4n) is 5.69. The van der Waals surface area contributed by atoms with E-state index in [9.17, 15) is 33.6 Å². The van der Waals surface area contributed by atoms with Crippen molar-refractivity contribution >= 4 is 53.7 Å². The lowest BCUT2D eigenvalue weighted by Gasteiger charge is -2.36. The Hall–Kier alpha value is -5.70. The Balaban J connectivity index is 1.48. The van der Waals surface area contributed by atoms with Gasteiger partial charge in [-0.1, -0.05) is 105 Å². The zero-order chi connectivity index (χ0) is 42.0. The van der Waals surface area contributed by atoms with E-state index in [2.05, 4.69) is 31.9 Å². The quantitative estimate of drug-likeness (QED) is 0.0930. The minimum atomic E-state index is -1.08. The predicted molar refractivity (Wildman–Crippen MR) is 219 cm³/mol. The number of carbonyl (C=O) groups excluding carboxylic acids is 7. The number of hydrogen-bond donors (Lipinski definition) is 6. The number of rotatable bonds is 20. The van der Waals surface area contributed by atoms with Gasteiger partial charge in [-0.05, 0) is 56.7 Å². The molecule has 3 unspecified atom stereocenters. The lowest BCUT2D eigenvalue weighted by molar-refractivity contribution is -0.131. The van der Waals surface area contributed by atoms with Crippen LogP contribution in [0.25, 0.3) is 0 Å². The maximum absolute atomic E-state index is 12.9. The number of alkyl carbamates (subject to hydrolysis) is 1. The van der Waals surface area contributed by atoms with E-state index in [1.807, 2.05) is 111 Å². The van der Waals surface area contributed by atoms with Gasteiger partial charge in [0.25, 0.3) is 0 Å². The molecule has 0 saturated carbocycles. The number of ether oxygens (including phenoxy) is 1. The zero-order valence-electron chi connectivity index (χ0n) is 33.2. The molecule has 0 bridgehead atoms. The minimum Gasteiger partial charge on any atom is -0.444 e. The van der Waals surface area contributed by atoms with Crippen molar-refractivity contribution in [3.8, 4) is 0 Å². The SMILES string of the molecule is CC(C)CC(NC(=O)OC(C)(C)C)C(=O)NCC(=O)NCC(=O)NC(C)C(=O)NCC(=O)NC([C]=O)CSC(c1ccccc1)(c1ccccc1)c1ccccc1. The normalized spacial score (nSPS) is 12.9. The molecule has 0 aliphatic rings. The highest BCUT2D eigenvalue weighted by atomic mass is 32.2. The van der Waals surface area contributed by atoms with Gasteiger partial charge in [0.15, 0.2) is 0 Å². The molecule has 14 nitrogen and oxygen atoms in total. The highest BCUT2D eigenvalue weighted by Gasteiger charge is 2.38. The Morgan fingerprint density at radius 3 is 1.56 bits per heavy atom. The first-order valence-electron chi connectivity index (χ1n) is 18.6. The van der Waals surface area contributed by atoms with Crippen molar-refractivity contribution in [2.24, 2.45) is 5.92 Å². The third-order valence-electron chi connectivity index (χ3n) is 8.26. The maximum atomic E-state index is 12.9. The van der Waals surface area contributed by atoms with Crippen LogP contribution >= 0.6 is 11.8 Å². The molecular formula is C42H53N6O8S. The summed E-state index contributed by atoms with van der Waals surface area (Å²) in [5.41, 5.74) is 2.19. The highest BCUT2D eigenvalue weighted by Crippen LogP contribution is 2.48. The lowest BCUT2D eigenvalue weighted by atomic mass is 9.84. The summed E-state index contributed by atoms with van der Waals surface area (Å²) >= 11 is 1.47. The molecule has 3 rings (SSSR count). The van der Waals surface area contributed by atoms with Gasteiger partial charge in [-0.15, -0.1) is 11.8 Å². The van der Waals surface area contributed by atoms with Crippen LogP contribution in [0.2, 0.25) is 0 Å². The van der Waals surface area contributed by atoms with Gasteiger partial charge < -0.3 is 36.6 Å². The molecule has 3 atom stereocenters. The molecule has 0 aliphatic carbocycles. The summed E-state index contributed by atoms with van der Waals surface area (Å²) in [5.74, 6) is -3.08.